The summed E-state index contributed by atoms with van der Waals surface area (Å²) in [7, 11) is 2.57. The van der Waals surface area contributed by atoms with Gasteiger partial charge in [0.2, 0.25) is 0 Å². The van der Waals surface area contributed by atoms with Crippen molar-refractivity contribution in [3.8, 4) is 0 Å². The summed E-state index contributed by atoms with van der Waals surface area (Å²) in [4.78, 5) is 4.24. The minimum atomic E-state index is -3.34. The molecule has 0 aliphatic rings. The predicted molar refractivity (Wildman–Crippen MR) is 85.3 cm³/mol. The van der Waals surface area contributed by atoms with Crippen molar-refractivity contribution in [3.05, 3.63) is 0 Å². The van der Waals surface area contributed by atoms with Crippen molar-refractivity contribution in [1.29, 1.82) is 0 Å². The molecular formula is C12H24N4O2S2. The second-order valence-electron chi connectivity index (χ2n) is 5.10. The van der Waals surface area contributed by atoms with E-state index in [1.165, 1.54) is 0 Å². The molecule has 0 aliphatic carbocycles. The summed E-state index contributed by atoms with van der Waals surface area (Å²) < 4.78 is 28.6. The third kappa shape index (κ3) is 4.32. The van der Waals surface area contributed by atoms with Crippen molar-refractivity contribution < 1.29 is 8.42 Å². The number of nitrogen functional groups attached to an aromatic ring is 1. The molecule has 0 bridgehead atoms. The fourth-order valence-corrected chi connectivity index (χ4v) is 4.69. The zero-order valence-electron chi connectivity index (χ0n) is 12.6. The van der Waals surface area contributed by atoms with Crippen molar-refractivity contribution in [1.82, 2.24) is 9.27 Å². The lowest BCUT2D eigenvalue weighted by Crippen LogP contribution is -2.24. The first kappa shape index (κ1) is 17.2. The summed E-state index contributed by atoms with van der Waals surface area (Å²) in [6.07, 6.45) is 1.52. The molecule has 0 saturated carbocycles. The summed E-state index contributed by atoms with van der Waals surface area (Å²) in [5.74, 6) is 0.228. The maximum atomic E-state index is 12.3. The highest BCUT2D eigenvalue weighted by molar-refractivity contribution is 7.91. The van der Waals surface area contributed by atoms with E-state index in [1.807, 2.05) is 33.0 Å². The van der Waals surface area contributed by atoms with Crippen LogP contribution in [0.1, 0.15) is 19.8 Å². The summed E-state index contributed by atoms with van der Waals surface area (Å²) in [5, 5.41) is 0.648. The van der Waals surface area contributed by atoms with Crippen molar-refractivity contribution in [3.63, 3.8) is 0 Å². The van der Waals surface area contributed by atoms with E-state index in [2.05, 4.69) is 9.27 Å². The molecule has 8 heteroatoms. The van der Waals surface area contributed by atoms with E-state index in [0.29, 0.717) is 11.4 Å². The summed E-state index contributed by atoms with van der Waals surface area (Å²) >= 11 is 1.15. The molecule has 0 radical (unpaired) electrons. The molecule has 1 aromatic rings. The van der Waals surface area contributed by atoms with Crippen LogP contribution in [0.5, 0.6) is 0 Å². The Labute approximate surface area is 125 Å². The first-order valence-corrected chi connectivity index (χ1v) is 9.06. The zero-order valence-corrected chi connectivity index (χ0v) is 14.2. The van der Waals surface area contributed by atoms with Crippen LogP contribution in [0.15, 0.2) is 4.90 Å². The smallest absolute Gasteiger partial charge is 0.185 e. The van der Waals surface area contributed by atoms with Crippen molar-refractivity contribution in [2.45, 2.75) is 24.7 Å². The normalized spacial score (nSPS) is 12.1. The van der Waals surface area contributed by atoms with Gasteiger partial charge in [-0.25, -0.2) is 8.42 Å². The minimum Gasteiger partial charge on any atom is -0.382 e. The van der Waals surface area contributed by atoms with E-state index < -0.39 is 9.84 Å². The summed E-state index contributed by atoms with van der Waals surface area (Å²) in [6, 6.07) is 0. The van der Waals surface area contributed by atoms with Gasteiger partial charge in [0.15, 0.2) is 15.7 Å². The van der Waals surface area contributed by atoms with E-state index in [-0.39, 0.29) is 16.5 Å². The lowest BCUT2D eigenvalue weighted by molar-refractivity contribution is 0.402. The number of rotatable bonds is 8. The van der Waals surface area contributed by atoms with Gasteiger partial charge in [-0.15, -0.1) is 0 Å². The van der Waals surface area contributed by atoms with Crippen molar-refractivity contribution >= 4 is 32.2 Å². The molecule has 1 aromatic heterocycles. The van der Waals surface area contributed by atoms with Gasteiger partial charge in [0.25, 0.3) is 0 Å². The standard InChI is InChI=1S/C12H24N4O2S2/c1-5-9-20(17,18)10-11(13)14-19-12(10)16(4)8-6-7-15(2)3/h5-9H2,1-4H3,(H2,13,14). The molecule has 1 heterocycles. The molecule has 0 fully saturated rings. The molecule has 0 unspecified atom stereocenters. The average Bonchev–Trinajstić information content (AvgIpc) is 2.71. The van der Waals surface area contributed by atoms with Crippen LogP contribution in [0.25, 0.3) is 0 Å². The first-order chi connectivity index (χ1) is 9.29. The topological polar surface area (TPSA) is 79.5 Å². The maximum Gasteiger partial charge on any atom is 0.185 e. The van der Waals surface area contributed by atoms with Crippen molar-refractivity contribution in [2.24, 2.45) is 0 Å². The molecule has 116 valence electrons. The molecule has 0 spiro atoms. The molecule has 2 N–H and O–H groups in total. The van der Waals surface area contributed by atoms with Gasteiger partial charge in [-0.2, -0.15) is 4.37 Å². The first-order valence-electron chi connectivity index (χ1n) is 6.63. The molecule has 0 aromatic carbocycles. The Kier molecular flexibility index (Phi) is 6.22. The summed E-state index contributed by atoms with van der Waals surface area (Å²) in [5.41, 5.74) is 5.76. The minimum absolute atomic E-state index is 0.105. The van der Waals surface area contributed by atoms with Crippen LogP contribution in [-0.2, 0) is 9.84 Å². The van der Waals surface area contributed by atoms with Gasteiger partial charge in [-0.1, -0.05) is 6.92 Å². The zero-order chi connectivity index (χ0) is 15.3. The molecule has 0 atom stereocenters. The highest BCUT2D eigenvalue weighted by Crippen LogP contribution is 2.34. The molecule has 6 nitrogen and oxygen atoms in total. The van der Waals surface area contributed by atoms with Crippen LogP contribution < -0.4 is 10.6 Å². The molecule has 0 saturated heterocycles. The van der Waals surface area contributed by atoms with Crippen LogP contribution in [0.3, 0.4) is 0 Å². The van der Waals surface area contributed by atoms with E-state index in [9.17, 15) is 8.42 Å². The number of anilines is 2. The largest absolute Gasteiger partial charge is 0.382 e. The lowest BCUT2D eigenvalue weighted by Gasteiger charge is -2.19. The molecule has 0 aliphatic heterocycles. The average molecular weight is 320 g/mol. The van der Waals surface area contributed by atoms with E-state index in [1.54, 1.807) is 0 Å². The predicted octanol–water partition coefficient (Wildman–Crippen LogP) is 1.30. The highest BCUT2D eigenvalue weighted by atomic mass is 32.2. The number of aromatic nitrogens is 1. The Bertz CT molecular complexity index is 526. The Morgan fingerprint density at radius 2 is 1.90 bits per heavy atom. The monoisotopic (exact) mass is 320 g/mol. The molecule has 0 amide bonds. The maximum absolute atomic E-state index is 12.3. The third-order valence-corrected chi connectivity index (χ3v) is 5.96. The Morgan fingerprint density at radius 1 is 1.25 bits per heavy atom. The molecular weight excluding hydrogens is 296 g/mol. The fourth-order valence-electron chi connectivity index (χ4n) is 1.92. The van der Waals surface area contributed by atoms with Gasteiger partial charge in [-0.05, 0) is 45.0 Å². The summed E-state index contributed by atoms with van der Waals surface area (Å²) in [6.45, 7) is 3.57. The SMILES string of the molecule is CCCS(=O)(=O)c1c(N)nsc1N(C)CCCN(C)C. The van der Waals surface area contributed by atoms with E-state index >= 15 is 0 Å². The fraction of sp³-hybridized carbons (Fsp3) is 0.750. The van der Waals surface area contributed by atoms with Crippen LogP contribution in [-0.4, -0.2) is 57.7 Å². The number of sulfone groups is 1. The Morgan fingerprint density at radius 3 is 2.45 bits per heavy atom. The third-order valence-electron chi connectivity index (χ3n) is 2.89. The van der Waals surface area contributed by atoms with E-state index in [4.69, 9.17) is 5.73 Å². The van der Waals surface area contributed by atoms with Gasteiger partial charge >= 0.3 is 0 Å². The van der Waals surface area contributed by atoms with E-state index in [0.717, 1.165) is 31.0 Å². The van der Waals surface area contributed by atoms with Crippen LogP contribution in [0, 0.1) is 0 Å². The van der Waals surface area contributed by atoms with Gasteiger partial charge in [0.1, 0.15) is 9.90 Å². The van der Waals surface area contributed by atoms with Gasteiger partial charge < -0.3 is 15.5 Å². The Balaban J connectivity index is 2.91. The van der Waals surface area contributed by atoms with Crippen LogP contribution >= 0.6 is 11.5 Å². The number of hydrogen-bond donors (Lipinski definition) is 1. The highest BCUT2D eigenvalue weighted by Gasteiger charge is 2.26. The van der Waals surface area contributed by atoms with Gasteiger partial charge in [0, 0.05) is 13.6 Å². The van der Waals surface area contributed by atoms with Crippen LogP contribution in [0.2, 0.25) is 0 Å². The Hall–Kier alpha value is -0.860. The second kappa shape index (κ2) is 7.24. The van der Waals surface area contributed by atoms with Crippen LogP contribution in [0.4, 0.5) is 10.8 Å². The lowest BCUT2D eigenvalue weighted by atomic mass is 10.4. The number of nitrogens with zero attached hydrogens (tertiary/aromatic N) is 3. The number of nitrogens with two attached hydrogens (primary N) is 1. The van der Waals surface area contributed by atoms with Crippen molar-refractivity contribution in [2.75, 3.05) is 50.6 Å². The quantitative estimate of drug-likeness (QED) is 0.777. The molecule has 1 rings (SSSR count). The molecule has 20 heavy (non-hydrogen) atoms. The second-order valence-corrected chi connectivity index (χ2v) is 7.90. The van der Waals surface area contributed by atoms with Gasteiger partial charge in [-0.3, -0.25) is 0 Å². The van der Waals surface area contributed by atoms with Gasteiger partial charge in [0.05, 0.1) is 5.75 Å². The number of hydrogen-bond acceptors (Lipinski definition) is 7.